The Kier molecular flexibility index (Phi) is 5.64. The van der Waals surface area contributed by atoms with E-state index in [4.69, 9.17) is 11.6 Å². The van der Waals surface area contributed by atoms with Crippen molar-refractivity contribution in [3.05, 3.63) is 70.6 Å². The molecular weight excluding hydrogens is 387 g/mol. The van der Waals surface area contributed by atoms with E-state index in [1.807, 2.05) is 41.4 Å². The van der Waals surface area contributed by atoms with Gasteiger partial charge in [-0.05, 0) is 74.9 Å². The lowest BCUT2D eigenvalue weighted by Gasteiger charge is -2.32. The Hall–Kier alpha value is -2.33. The highest BCUT2D eigenvalue weighted by Crippen LogP contribution is 2.29. The lowest BCUT2D eigenvalue weighted by atomic mass is 9.90. The molecule has 1 fully saturated rings. The van der Waals surface area contributed by atoms with Crippen LogP contribution in [0.15, 0.2) is 48.7 Å². The van der Waals surface area contributed by atoms with Crippen LogP contribution in [0.2, 0.25) is 5.02 Å². The van der Waals surface area contributed by atoms with E-state index in [1.54, 1.807) is 0 Å². The van der Waals surface area contributed by atoms with Gasteiger partial charge in [0, 0.05) is 36.2 Å². The second kappa shape index (κ2) is 8.19. The average molecular weight is 413 g/mol. The second-order valence-electron chi connectivity index (χ2n) is 8.27. The number of aromatic nitrogens is 1. The third-order valence-corrected chi connectivity index (χ3v) is 6.25. The van der Waals surface area contributed by atoms with Crippen LogP contribution in [0.1, 0.15) is 48.7 Å². The van der Waals surface area contributed by atoms with Crippen LogP contribution >= 0.6 is 11.6 Å². The van der Waals surface area contributed by atoms with Gasteiger partial charge in [0.15, 0.2) is 0 Å². The SMILES string of the molecule is CC(C)n1ccc2cc(C(=O)N3CCC(Cc4ccc(F)cc4)CC3)c(Cl)cc21. The van der Waals surface area contributed by atoms with Gasteiger partial charge in [0.25, 0.3) is 5.91 Å². The summed E-state index contributed by atoms with van der Waals surface area (Å²) in [6, 6.07) is 12.9. The van der Waals surface area contributed by atoms with E-state index in [0.717, 1.165) is 48.8 Å². The zero-order valence-electron chi connectivity index (χ0n) is 16.9. The Morgan fingerprint density at radius 1 is 1.14 bits per heavy atom. The number of rotatable bonds is 4. The summed E-state index contributed by atoms with van der Waals surface area (Å²) in [6.07, 6.45) is 4.87. The van der Waals surface area contributed by atoms with Gasteiger partial charge in [0.05, 0.1) is 10.6 Å². The van der Waals surface area contributed by atoms with E-state index in [9.17, 15) is 9.18 Å². The highest BCUT2D eigenvalue weighted by Gasteiger charge is 2.25. The number of carbonyl (C=O) groups is 1. The molecule has 3 nitrogen and oxygen atoms in total. The highest BCUT2D eigenvalue weighted by atomic mass is 35.5. The van der Waals surface area contributed by atoms with Crippen LogP contribution < -0.4 is 0 Å². The summed E-state index contributed by atoms with van der Waals surface area (Å²) in [5.74, 6) is 0.323. The number of benzene rings is 2. The topological polar surface area (TPSA) is 25.2 Å². The molecule has 1 saturated heterocycles. The van der Waals surface area contributed by atoms with Crippen LogP contribution in [-0.2, 0) is 6.42 Å². The van der Waals surface area contributed by atoms with Gasteiger partial charge in [-0.25, -0.2) is 4.39 Å². The minimum atomic E-state index is -0.202. The Labute approximate surface area is 176 Å². The van der Waals surface area contributed by atoms with Crippen molar-refractivity contribution in [2.45, 2.75) is 39.2 Å². The average Bonchev–Trinajstić information content (AvgIpc) is 3.12. The molecule has 152 valence electrons. The van der Waals surface area contributed by atoms with Crippen molar-refractivity contribution in [3.63, 3.8) is 0 Å². The van der Waals surface area contributed by atoms with E-state index < -0.39 is 0 Å². The van der Waals surface area contributed by atoms with Crippen molar-refractivity contribution >= 4 is 28.4 Å². The van der Waals surface area contributed by atoms with Gasteiger partial charge < -0.3 is 9.47 Å². The summed E-state index contributed by atoms with van der Waals surface area (Å²) >= 11 is 6.51. The molecule has 2 heterocycles. The number of carbonyl (C=O) groups excluding carboxylic acids is 1. The summed E-state index contributed by atoms with van der Waals surface area (Å²) in [7, 11) is 0. The van der Waals surface area contributed by atoms with E-state index in [2.05, 4.69) is 18.4 Å². The van der Waals surface area contributed by atoms with E-state index in [1.165, 1.54) is 12.1 Å². The number of nitrogens with zero attached hydrogens (tertiary/aromatic N) is 2. The number of piperidine rings is 1. The Morgan fingerprint density at radius 3 is 2.48 bits per heavy atom. The van der Waals surface area contributed by atoms with Crippen molar-refractivity contribution in [2.75, 3.05) is 13.1 Å². The molecule has 0 unspecified atom stereocenters. The fraction of sp³-hybridized carbons (Fsp3) is 0.375. The lowest BCUT2D eigenvalue weighted by Crippen LogP contribution is -2.39. The Morgan fingerprint density at radius 2 is 1.83 bits per heavy atom. The van der Waals surface area contributed by atoms with Crippen molar-refractivity contribution in [2.24, 2.45) is 5.92 Å². The molecule has 0 bridgehead atoms. The standard InChI is InChI=1S/C24H26ClFN2O/c1-16(2)28-12-9-19-14-21(22(25)15-23(19)28)24(29)27-10-7-18(8-11-27)13-17-3-5-20(26)6-4-17/h3-6,9,12,14-16,18H,7-8,10-11,13H2,1-2H3. The molecule has 3 aromatic rings. The van der Waals surface area contributed by atoms with Gasteiger partial charge in [-0.3, -0.25) is 4.79 Å². The second-order valence-corrected chi connectivity index (χ2v) is 8.68. The summed E-state index contributed by atoms with van der Waals surface area (Å²) < 4.78 is 15.2. The number of likely N-dealkylation sites (tertiary alicyclic amines) is 1. The van der Waals surface area contributed by atoms with Gasteiger partial charge >= 0.3 is 0 Å². The fourth-order valence-electron chi connectivity index (χ4n) is 4.26. The smallest absolute Gasteiger partial charge is 0.255 e. The largest absolute Gasteiger partial charge is 0.345 e. The van der Waals surface area contributed by atoms with Crippen LogP contribution in [-0.4, -0.2) is 28.5 Å². The molecule has 4 rings (SSSR count). The summed E-state index contributed by atoms with van der Waals surface area (Å²) in [4.78, 5) is 15.0. The van der Waals surface area contributed by atoms with Crippen LogP contribution in [0.25, 0.3) is 10.9 Å². The molecule has 0 spiro atoms. The monoisotopic (exact) mass is 412 g/mol. The third-order valence-electron chi connectivity index (χ3n) is 5.94. The fourth-order valence-corrected chi connectivity index (χ4v) is 4.49. The van der Waals surface area contributed by atoms with E-state index in [0.29, 0.717) is 22.5 Å². The number of halogens is 2. The Bertz CT molecular complexity index is 1020. The van der Waals surface area contributed by atoms with Gasteiger partial charge in [-0.15, -0.1) is 0 Å². The number of amides is 1. The van der Waals surface area contributed by atoms with Gasteiger partial charge in [0.1, 0.15) is 5.82 Å². The zero-order chi connectivity index (χ0) is 20.5. The predicted molar refractivity (Wildman–Crippen MR) is 116 cm³/mol. The van der Waals surface area contributed by atoms with Crippen LogP contribution in [0.4, 0.5) is 4.39 Å². The van der Waals surface area contributed by atoms with Crippen LogP contribution in [0.5, 0.6) is 0 Å². The first-order chi connectivity index (χ1) is 13.9. The number of hydrogen-bond donors (Lipinski definition) is 0. The van der Waals surface area contributed by atoms with Crippen molar-refractivity contribution < 1.29 is 9.18 Å². The Balaban J connectivity index is 1.44. The molecule has 0 aliphatic carbocycles. The van der Waals surface area contributed by atoms with Crippen molar-refractivity contribution in [1.29, 1.82) is 0 Å². The third kappa shape index (κ3) is 4.18. The normalized spacial score (nSPS) is 15.4. The first-order valence-electron chi connectivity index (χ1n) is 10.3. The lowest BCUT2D eigenvalue weighted by molar-refractivity contribution is 0.0691. The molecule has 0 N–H and O–H groups in total. The molecule has 1 aromatic heterocycles. The molecule has 0 radical (unpaired) electrons. The van der Waals surface area contributed by atoms with E-state index >= 15 is 0 Å². The van der Waals surface area contributed by atoms with Crippen molar-refractivity contribution in [3.8, 4) is 0 Å². The maximum atomic E-state index is 13.1. The van der Waals surface area contributed by atoms with Crippen molar-refractivity contribution in [1.82, 2.24) is 9.47 Å². The first-order valence-corrected chi connectivity index (χ1v) is 10.6. The van der Waals surface area contributed by atoms with Gasteiger partial charge in [-0.2, -0.15) is 0 Å². The summed E-state index contributed by atoms with van der Waals surface area (Å²) in [6.45, 7) is 5.71. The van der Waals surface area contributed by atoms with Gasteiger partial charge in [-0.1, -0.05) is 23.7 Å². The maximum Gasteiger partial charge on any atom is 0.255 e. The first kappa shape index (κ1) is 20.0. The highest BCUT2D eigenvalue weighted by molar-refractivity contribution is 6.34. The summed E-state index contributed by atoms with van der Waals surface area (Å²) in [5, 5.41) is 1.55. The molecule has 5 heteroatoms. The number of fused-ring (bicyclic) bond motifs is 1. The molecule has 1 aliphatic heterocycles. The molecular formula is C24H26ClFN2O. The molecule has 0 atom stereocenters. The van der Waals surface area contributed by atoms with Crippen LogP contribution in [0.3, 0.4) is 0 Å². The zero-order valence-corrected chi connectivity index (χ0v) is 17.6. The predicted octanol–water partition coefficient (Wildman–Crippen LogP) is 6.11. The van der Waals surface area contributed by atoms with Crippen LogP contribution in [0, 0.1) is 11.7 Å². The quantitative estimate of drug-likeness (QED) is 0.507. The molecule has 29 heavy (non-hydrogen) atoms. The molecule has 1 aliphatic rings. The molecule has 2 aromatic carbocycles. The molecule has 0 saturated carbocycles. The number of hydrogen-bond acceptors (Lipinski definition) is 1. The minimum Gasteiger partial charge on any atom is -0.345 e. The molecule has 1 amide bonds. The summed E-state index contributed by atoms with van der Waals surface area (Å²) in [5.41, 5.74) is 2.79. The van der Waals surface area contributed by atoms with Gasteiger partial charge in [0.2, 0.25) is 0 Å². The maximum absolute atomic E-state index is 13.1. The minimum absolute atomic E-state index is 0.00873. The van der Waals surface area contributed by atoms with E-state index in [-0.39, 0.29) is 11.7 Å².